The number of fused-ring (bicyclic) bond motifs is 1. The number of hydrogen-bond acceptors (Lipinski definition) is 7. The number of aryl methyl sites for hydroxylation is 2. The van der Waals surface area contributed by atoms with Gasteiger partial charge in [0.1, 0.15) is 0 Å². The van der Waals surface area contributed by atoms with Crippen molar-refractivity contribution in [3.63, 3.8) is 0 Å². The smallest absolute Gasteiger partial charge is 0.268 e. The zero-order chi connectivity index (χ0) is 28.6. The van der Waals surface area contributed by atoms with Crippen LogP contribution < -0.4 is 11.1 Å². The molecule has 1 amide bonds. The quantitative estimate of drug-likeness (QED) is 0.103. The van der Waals surface area contributed by atoms with Crippen LogP contribution >= 0.6 is 11.3 Å². The van der Waals surface area contributed by atoms with Gasteiger partial charge in [0.2, 0.25) is 5.95 Å². The second kappa shape index (κ2) is 13.7. The Morgan fingerprint density at radius 2 is 2.02 bits per heavy atom. The third kappa shape index (κ3) is 7.15. The van der Waals surface area contributed by atoms with Gasteiger partial charge in [-0.25, -0.2) is 4.98 Å². The molecule has 0 fully saturated rings. The number of nitrogen functional groups attached to an aromatic ring is 1. The van der Waals surface area contributed by atoms with Crippen molar-refractivity contribution in [2.45, 2.75) is 59.6 Å². The number of imidazole rings is 1. The zero-order valence-corrected chi connectivity index (χ0v) is 24.8. The summed E-state index contributed by atoms with van der Waals surface area (Å²) in [6.45, 7) is 9.99. The van der Waals surface area contributed by atoms with Crippen LogP contribution in [0.15, 0.2) is 53.5 Å². The van der Waals surface area contributed by atoms with Gasteiger partial charge >= 0.3 is 0 Å². The number of methoxy groups -OCH3 is 1. The molecule has 4 rings (SSSR count). The second-order valence-corrected chi connectivity index (χ2v) is 10.9. The van der Waals surface area contributed by atoms with Gasteiger partial charge in [-0.15, -0.1) is 11.3 Å². The van der Waals surface area contributed by atoms with Crippen LogP contribution in [0.3, 0.4) is 0 Å². The highest BCUT2D eigenvalue weighted by atomic mass is 32.1. The molecule has 1 atom stereocenters. The summed E-state index contributed by atoms with van der Waals surface area (Å²) >= 11 is 1.47. The number of nitrogens with zero attached hydrogens (tertiary/aromatic N) is 3. The van der Waals surface area contributed by atoms with Gasteiger partial charge < -0.3 is 19.8 Å². The molecule has 0 spiro atoms. The summed E-state index contributed by atoms with van der Waals surface area (Å²) in [6.07, 6.45) is 2.50. The summed E-state index contributed by atoms with van der Waals surface area (Å²) in [6, 6.07) is 16.0. The molecule has 8 nitrogen and oxygen atoms in total. The molecule has 9 heteroatoms. The van der Waals surface area contributed by atoms with E-state index in [1.165, 1.54) is 16.9 Å². The van der Waals surface area contributed by atoms with E-state index in [2.05, 4.69) is 36.5 Å². The van der Waals surface area contributed by atoms with E-state index in [1.807, 2.05) is 49.6 Å². The van der Waals surface area contributed by atoms with E-state index in [0.717, 1.165) is 34.5 Å². The van der Waals surface area contributed by atoms with Gasteiger partial charge in [-0.2, -0.15) is 0 Å². The molecular formula is C31H39N5O3S. The number of amides is 1. The average molecular weight is 562 g/mol. The number of carbonyl (C=O) groups is 1. The monoisotopic (exact) mass is 561 g/mol. The van der Waals surface area contributed by atoms with Gasteiger partial charge in [-0.05, 0) is 69.0 Å². The Labute approximate surface area is 240 Å². The number of hydrogen-bond donors (Lipinski definition) is 2. The third-order valence-electron chi connectivity index (χ3n) is 6.74. The Morgan fingerprint density at radius 3 is 2.77 bits per heavy atom. The van der Waals surface area contributed by atoms with Crippen molar-refractivity contribution in [2.75, 3.05) is 31.4 Å². The summed E-state index contributed by atoms with van der Waals surface area (Å²) in [5.41, 5.74) is 12.5. The van der Waals surface area contributed by atoms with E-state index in [9.17, 15) is 4.79 Å². The molecule has 0 aliphatic heterocycles. The number of nitrogens with one attached hydrogen (secondary N) is 1. The van der Waals surface area contributed by atoms with Gasteiger partial charge in [0.05, 0.1) is 33.4 Å². The van der Waals surface area contributed by atoms with Crippen molar-refractivity contribution in [1.82, 2.24) is 9.55 Å². The molecule has 0 aliphatic rings. The summed E-state index contributed by atoms with van der Waals surface area (Å²) in [5, 5.41) is 3.05. The number of carbonyl (C=O) groups excluding carboxylic acids is 1. The van der Waals surface area contributed by atoms with Crippen LogP contribution in [0.5, 0.6) is 0 Å². The molecule has 0 bridgehead atoms. The van der Waals surface area contributed by atoms with E-state index in [-0.39, 0.29) is 12.0 Å². The summed E-state index contributed by atoms with van der Waals surface area (Å²) in [7, 11) is 1.69. The van der Waals surface area contributed by atoms with Crippen LogP contribution in [0, 0.1) is 0 Å². The maximum absolute atomic E-state index is 13.4. The van der Waals surface area contributed by atoms with E-state index >= 15 is 0 Å². The molecule has 4 aromatic rings. The first kappa shape index (κ1) is 29.5. The van der Waals surface area contributed by atoms with E-state index < -0.39 is 0 Å². The molecule has 3 N–H and O–H groups in total. The second-order valence-electron chi connectivity index (χ2n) is 9.81. The minimum atomic E-state index is -0.195. The van der Waals surface area contributed by atoms with Gasteiger partial charge in [-0.3, -0.25) is 15.1 Å². The standard InChI is InChI=1S/C31H39N5O3S/c1-6-22-10-8-11-23(17-22)28-12-13-29(40-28)30(37)35-31-34-26-18-24(32)25(33-20(3)16-21(4)38-5)19-27(26)36(31)14-9-15-39-7-2/h8,10-13,17-19,21H,6-7,9,14-16,32H2,1-5H3,(H,34,35,37). The number of rotatable bonds is 13. The minimum absolute atomic E-state index is 0.0629. The van der Waals surface area contributed by atoms with Crippen LogP contribution in [0.4, 0.5) is 17.3 Å². The fourth-order valence-corrected chi connectivity index (χ4v) is 5.43. The molecule has 2 heterocycles. The lowest BCUT2D eigenvalue weighted by Crippen LogP contribution is -2.15. The predicted octanol–water partition coefficient (Wildman–Crippen LogP) is 7.11. The number of benzene rings is 2. The van der Waals surface area contributed by atoms with E-state index in [1.54, 1.807) is 7.11 Å². The summed E-state index contributed by atoms with van der Waals surface area (Å²) in [4.78, 5) is 24.6. The van der Waals surface area contributed by atoms with Crippen LogP contribution in [0.25, 0.3) is 21.5 Å². The number of ether oxygens (including phenoxy) is 2. The molecule has 0 radical (unpaired) electrons. The van der Waals surface area contributed by atoms with Gasteiger partial charge in [0, 0.05) is 43.9 Å². The van der Waals surface area contributed by atoms with E-state index in [0.29, 0.717) is 53.9 Å². The molecule has 0 saturated heterocycles. The van der Waals surface area contributed by atoms with E-state index in [4.69, 9.17) is 25.2 Å². The van der Waals surface area contributed by atoms with Crippen molar-refractivity contribution in [1.29, 1.82) is 0 Å². The number of nitrogens with two attached hydrogens (primary N) is 1. The number of anilines is 2. The van der Waals surface area contributed by atoms with Crippen molar-refractivity contribution < 1.29 is 14.3 Å². The Morgan fingerprint density at radius 1 is 1.20 bits per heavy atom. The fourth-order valence-electron chi connectivity index (χ4n) is 4.54. The first-order chi connectivity index (χ1) is 19.3. The van der Waals surface area contributed by atoms with Crippen molar-refractivity contribution in [3.8, 4) is 10.4 Å². The van der Waals surface area contributed by atoms with Gasteiger partial charge in [0.25, 0.3) is 5.91 Å². The summed E-state index contributed by atoms with van der Waals surface area (Å²) < 4.78 is 13.0. The molecule has 2 aromatic carbocycles. The molecule has 40 heavy (non-hydrogen) atoms. The molecule has 1 unspecified atom stereocenters. The molecule has 212 valence electrons. The highest BCUT2D eigenvalue weighted by molar-refractivity contribution is 7.17. The number of thiophene rings is 1. The maximum Gasteiger partial charge on any atom is 0.268 e. The Kier molecular flexibility index (Phi) is 10.1. The SMILES string of the molecule is CCOCCCn1c(NC(=O)c2ccc(-c3cccc(CC)c3)s2)nc2cc(N)c(N=C(C)CC(C)OC)cc21. The zero-order valence-electron chi connectivity index (χ0n) is 24.0. The van der Waals surface area contributed by atoms with Gasteiger partial charge in [-0.1, -0.05) is 31.2 Å². The van der Waals surface area contributed by atoms with Crippen molar-refractivity contribution >= 4 is 51.3 Å². The highest BCUT2D eigenvalue weighted by Crippen LogP contribution is 2.33. The fraction of sp³-hybridized carbons (Fsp3) is 0.387. The average Bonchev–Trinajstić information content (AvgIpc) is 3.56. The Balaban J connectivity index is 1.64. The minimum Gasteiger partial charge on any atom is -0.397 e. The largest absolute Gasteiger partial charge is 0.397 e. The lowest BCUT2D eigenvalue weighted by molar-refractivity contribution is 0.102. The summed E-state index contributed by atoms with van der Waals surface area (Å²) in [5.74, 6) is 0.282. The highest BCUT2D eigenvalue weighted by Gasteiger charge is 2.18. The topological polar surface area (TPSA) is 104 Å². The number of aliphatic imine (C=N–C) groups is 1. The molecule has 0 aliphatic carbocycles. The molecule has 0 saturated carbocycles. The van der Waals surface area contributed by atoms with Crippen molar-refractivity contribution in [2.24, 2.45) is 4.99 Å². The van der Waals surface area contributed by atoms with Crippen LogP contribution in [0.1, 0.15) is 55.8 Å². The lowest BCUT2D eigenvalue weighted by atomic mass is 10.1. The first-order valence-corrected chi connectivity index (χ1v) is 14.6. The maximum atomic E-state index is 13.4. The van der Waals surface area contributed by atoms with Crippen LogP contribution in [-0.2, 0) is 22.4 Å². The van der Waals surface area contributed by atoms with Crippen LogP contribution in [0.2, 0.25) is 0 Å². The van der Waals surface area contributed by atoms with Crippen LogP contribution in [-0.4, -0.2) is 47.6 Å². The normalized spacial score (nSPS) is 12.7. The molecular weight excluding hydrogens is 522 g/mol. The Hall–Kier alpha value is -3.53. The third-order valence-corrected chi connectivity index (χ3v) is 7.88. The lowest BCUT2D eigenvalue weighted by Gasteiger charge is -2.11. The number of aromatic nitrogens is 2. The predicted molar refractivity (Wildman–Crippen MR) is 166 cm³/mol. The Bertz CT molecular complexity index is 1490. The van der Waals surface area contributed by atoms with Crippen molar-refractivity contribution in [3.05, 3.63) is 59.0 Å². The molecule has 2 aromatic heterocycles. The first-order valence-electron chi connectivity index (χ1n) is 13.8. The van der Waals surface area contributed by atoms with Gasteiger partial charge in [0.15, 0.2) is 0 Å².